The second kappa shape index (κ2) is 8.48. The summed E-state index contributed by atoms with van der Waals surface area (Å²) in [6, 6.07) is 2.68. The highest BCUT2D eigenvalue weighted by molar-refractivity contribution is 5.20. The van der Waals surface area contributed by atoms with Gasteiger partial charge < -0.3 is 9.73 Å². The van der Waals surface area contributed by atoms with Crippen LogP contribution >= 0.6 is 0 Å². The van der Waals surface area contributed by atoms with Crippen LogP contribution in [0.5, 0.6) is 0 Å². The van der Waals surface area contributed by atoms with Gasteiger partial charge in [0.05, 0.1) is 13.1 Å². The third-order valence-corrected chi connectivity index (χ3v) is 3.84. The summed E-state index contributed by atoms with van der Waals surface area (Å²) < 4.78 is 6.01. The van der Waals surface area contributed by atoms with Crippen LogP contribution in [0.2, 0.25) is 0 Å². The molecule has 1 aromatic heterocycles. The Morgan fingerprint density at radius 1 is 1.25 bits per heavy atom. The zero-order valence-electron chi connectivity index (χ0n) is 14.1. The molecular formula is C17H32N2O. The van der Waals surface area contributed by atoms with Gasteiger partial charge in [-0.3, -0.25) is 4.90 Å². The van der Waals surface area contributed by atoms with Crippen molar-refractivity contribution in [3.8, 4) is 0 Å². The van der Waals surface area contributed by atoms with E-state index in [4.69, 9.17) is 4.42 Å². The van der Waals surface area contributed by atoms with Crippen LogP contribution in [0, 0.1) is 12.8 Å². The van der Waals surface area contributed by atoms with Crippen molar-refractivity contribution in [1.29, 1.82) is 0 Å². The fourth-order valence-corrected chi connectivity index (χ4v) is 2.24. The molecule has 0 fully saturated rings. The van der Waals surface area contributed by atoms with Gasteiger partial charge in [-0.25, -0.2) is 0 Å². The third-order valence-electron chi connectivity index (χ3n) is 3.84. The van der Waals surface area contributed by atoms with Crippen molar-refractivity contribution in [2.75, 3.05) is 13.1 Å². The van der Waals surface area contributed by atoms with Crippen molar-refractivity contribution in [3.63, 3.8) is 0 Å². The van der Waals surface area contributed by atoms with E-state index in [1.807, 2.05) is 0 Å². The Morgan fingerprint density at radius 2 is 1.95 bits per heavy atom. The maximum atomic E-state index is 6.01. The molecule has 20 heavy (non-hydrogen) atoms. The topological polar surface area (TPSA) is 28.4 Å². The van der Waals surface area contributed by atoms with Crippen molar-refractivity contribution < 1.29 is 4.42 Å². The van der Waals surface area contributed by atoms with Crippen molar-refractivity contribution >= 4 is 0 Å². The summed E-state index contributed by atoms with van der Waals surface area (Å²) in [4.78, 5) is 2.46. The standard InChI is InChI=1S/C17H32N2O/c1-7-14(5)11-19(8-2)12-16-9-15(6)17(20-16)10-18-13(3)4/h9,13-14,18H,7-8,10-12H2,1-6H3. The van der Waals surface area contributed by atoms with E-state index >= 15 is 0 Å². The van der Waals surface area contributed by atoms with E-state index < -0.39 is 0 Å². The van der Waals surface area contributed by atoms with Gasteiger partial charge in [-0.15, -0.1) is 0 Å². The van der Waals surface area contributed by atoms with E-state index in [0.29, 0.717) is 6.04 Å². The number of hydrogen-bond acceptors (Lipinski definition) is 3. The number of aryl methyl sites for hydroxylation is 1. The van der Waals surface area contributed by atoms with Gasteiger partial charge in [0.2, 0.25) is 0 Å². The molecule has 116 valence electrons. The van der Waals surface area contributed by atoms with Gasteiger partial charge in [0, 0.05) is 12.6 Å². The van der Waals surface area contributed by atoms with Gasteiger partial charge in [-0.1, -0.05) is 41.0 Å². The summed E-state index contributed by atoms with van der Waals surface area (Å²) in [7, 11) is 0. The van der Waals surface area contributed by atoms with Crippen LogP contribution < -0.4 is 5.32 Å². The van der Waals surface area contributed by atoms with Crippen LogP contribution in [0.4, 0.5) is 0 Å². The fraction of sp³-hybridized carbons (Fsp3) is 0.765. The minimum absolute atomic E-state index is 0.487. The van der Waals surface area contributed by atoms with E-state index in [-0.39, 0.29) is 0 Å². The molecule has 1 aromatic rings. The van der Waals surface area contributed by atoms with Gasteiger partial charge in [0.1, 0.15) is 11.5 Å². The molecule has 0 saturated carbocycles. The first-order chi connectivity index (χ1) is 9.46. The average Bonchev–Trinajstić information content (AvgIpc) is 2.75. The predicted octanol–water partition coefficient (Wildman–Crippen LogP) is 3.95. The molecule has 1 atom stereocenters. The average molecular weight is 280 g/mol. The Labute approximate surface area is 124 Å². The summed E-state index contributed by atoms with van der Waals surface area (Å²) >= 11 is 0. The van der Waals surface area contributed by atoms with Crippen molar-refractivity contribution in [2.24, 2.45) is 5.92 Å². The summed E-state index contributed by atoms with van der Waals surface area (Å²) in [6.07, 6.45) is 1.23. The molecule has 1 N–H and O–H groups in total. The number of nitrogens with zero attached hydrogens (tertiary/aromatic N) is 1. The molecule has 1 rings (SSSR count). The molecule has 0 amide bonds. The van der Waals surface area contributed by atoms with Crippen molar-refractivity contribution in [1.82, 2.24) is 10.2 Å². The first-order valence-electron chi connectivity index (χ1n) is 8.00. The Balaban J connectivity index is 2.60. The lowest BCUT2D eigenvalue weighted by molar-refractivity contribution is 0.218. The molecule has 0 radical (unpaired) electrons. The van der Waals surface area contributed by atoms with E-state index in [9.17, 15) is 0 Å². The van der Waals surface area contributed by atoms with Gasteiger partial charge in [-0.05, 0) is 31.0 Å². The molecule has 0 aliphatic carbocycles. The molecule has 0 bridgehead atoms. The van der Waals surface area contributed by atoms with Gasteiger partial charge in [-0.2, -0.15) is 0 Å². The zero-order chi connectivity index (χ0) is 15.1. The van der Waals surface area contributed by atoms with E-state index in [2.05, 4.69) is 57.8 Å². The molecule has 1 unspecified atom stereocenters. The summed E-state index contributed by atoms with van der Waals surface area (Å²) in [5, 5.41) is 3.42. The molecular weight excluding hydrogens is 248 g/mol. The van der Waals surface area contributed by atoms with Crippen molar-refractivity contribution in [3.05, 3.63) is 23.2 Å². The van der Waals surface area contributed by atoms with Crippen LogP contribution in [0.3, 0.4) is 0 Å². The quantitative estimate of drug-likeness (QED) is 0.742. The third kappa shape index (κ3) is 5.68. The largest absolute Gasteiger partial charge is 0.463 e. The van der Waals surface area contributed by atoms with Crippen LogP contribution in [0.15, 0.2) is 10.5 Å². The molecule has 0 aromatic carbocycles. The molecule has 3 heteroatoms. The highest BCUT2D eigenvalue weighted by Gasteiger charge is 2.13. The molecule has 1 heterocycles. The molecule has 0 spiro atoms. The summed E-state index contributed by atoms with van der Waals surface area (Å²) in [5.74, 6) is 2.91. The highest BCUT2D eigenvalue weighted by Crippen LogP contribution is 2.17. The Morgan fingerprint density at radius 3 is 2.50 bits per heavy atom. The number of nitrogens with one attached hydrogen (secondary N) is 1. The molecule has 3 nitrogen and oxygen atoms in total. The monoisotopic (exact) mass is 280 g/mol. The first-order valence-corrected chi connectivity index (χ1v) is 8.00. The molecule has 0 saturated heterocycles. The normalized spacial score (nSPS) is 13.4. The van der Waals surface area contributed by atoms with E-state index in [1.54, 1.807) is 0 Å². The maximum Gasteiger partial charge on any atom is 0.120 e. The van der Waals surface area contributed by atoms with Gasteiger partial charge in [0.25, 0.3) is 0 Å². The predicted molar refractivity (Wildman–Crippen MR) is 85.8 cm³/mol. The SMILES string of the molecule is CCC(C)CN(CC)Cc1cc(C)c(CNC(C)C)o1. The Bertz CT molecular complexity index is 384. The van der Waals surface area contributed by atoms with Crippen LogP contribution in [0.25, 0.3) is 0 Å². The number of rotatable bonds is 9. The van der Waals surface area contributed by atoms with Gasteiger partial charge >= 0.3 is 0 Å². The summed E-state index contributed by atoms with van der Waals surface area (Å²) in [6.45, 7) is 17.2. The minimum Gasteiger partial charge on any atom is -0.463 e. The molecule has 0 aliphatic rings. The van der Waals surface area contributed by atoms with Crippen LogP contribution in [-0.2, 0) is 13.1 Å². The minimum atomic E-state index is 0.487. The first kappa shape index (κ1) is 17.3. The second-order valence-electron chi connectivity index (χ2n) is 6.20. The summed E-state index contributed by atoms with van der Waals surface area (Å²) in [5.41, 5.74) is 1.26. The van der Waals surface area contributed by atoms with Crippen LogP contribution in [-0.4, -0.2) is 24.0 Å². The Hall–Kier alpha value is -0.800. The molecule has 0 aliphatic heterocycles. The Kier molecular flexibility index (Phi) is 7.31. The maximum absolute atomic E-state index is 6.01. The lowest BCUT2D eigenvalue weighted by Gasteiger charge is -2.22. The van der Waals surface area contributed by atoms with Crippen LogP contribution in [0.1, 0.15) is 58.1 Å². The lowest BCUT2D eigenvalue weighted by atomic mass is 10.1. The highest BCUT2D eigenvalue weighted by atomic mass is 16.3. The number of hydrogen-bond donors (Lipinski definition) is 1. The van der Waals surface area contributed by atoms with Crippen molar-refractivity contribution in [2.45, 2.75) is 67.1 Å². The van der Waals surface area contributed by atoms with E-state index in [1.165, 1.54) is 12.0 Å². The zero-order valence-corrected chi connectivity index (χ0v) is 14.1. The second-order valence-corrected chi connectivity index (χ2v) is 6.20. The lowest BCUT2D eigenvalue weighted by Crippen LogP contribution is -2.27. The van der Waals surface area contributed by atoms with Gasteiger partial charge in [0.15, 0.2) is 0 Å². The fourth-order valence-electron chi connectivity index (χ4n) is 2.24. The van der Waals surface area contributed by atoms with E-state index in [0.717, 1.165) is 43.6 Å². The number of furan rings is 1. The smallest absolute Gasteiger partial charge is 0.120 e.